The van der Waals surface area contributed by atoms with Crippen LogP contribution in [0.3, 0.4) is 0 Å². The Hall–Kier alpha value is -0.980. The molecule has 0 aliphatic heterocycles. The highest BCUT2D eigenvalue weighted by Crippen LogP contribution is 2.08. The largest absolute Gasteiger partial charge is 0.387 e. The zero-order chi connectivity index (χ0) is 8.69. The highest BCUT2D eigenvalue weighted by molar-refractivity contribution is 5.07. The van der Waals surface area contributed by atoms with Crippen LogP contribution in [0.1, 0.15) is 13.8 Å². The molecule has 1 unspecified atom stereocenters. The molecule has 1 N–H and O–H groups in total. The molecule has 0 saturated carbocycles. The minimum absolute atomic E-state index is 0.451. The first-order chi connectivity index (χ1) is 5.22. The quantitative estimate of drug-likeness (QED) is 0.470. The summed E-state index contributed by atoms with van der Waals surface area (Å²) in [5.74, 6) is 0.451. The van der Waals surface area contributed by atoms with E-state index in [0.717, 1.165) is 6.54 Å². The highest BCUT2D eigenvalue weighted by atomic mass is 14.8. The van der Waals surface area contributed by atoms with Gasteiger partial charge < -0.3 is 5.32 Å². The van der Waals surface area contributed by atoms with E-state index in [2.05, 4.69) is 32.3 Å². The first kappa shape index (κ1) is 10.0. The Balaban J connectivity index is 3.78. The molecular formula is C10H17N. The van der Waals surface area contributed by atoms with Crippen LogP contribution in [0.15, 0.2) is 37.1 Å². The maximum absolute atomic E-state index is 3.72. The molecular weight excluding hydrogens is 134 g/mol. The summed E-state index contributed by atoms with van der Waals surface area (Å²) >= 11 is 0. The van der Waals surface area contributed by atoms with Crippen molar-refractivity contribution in [2.45, 2.75) is 13.8 Å². The van der Waals surface area contributed by atoms with E-state index in [-0.39, 0.29) is 0 Å². The third-order valence-corrected chi connectivity index (χ3v) is 1.66. The predicted octanol–water partition coefficient (Wildman–Crippen LogP) is 2.49. The van der Waals surface area contributed by atoms with Crippen LogP contribution < -0.4 is 5.32 Å². The summed E-state index contributed by atoms with van der Waals surface area (Å²) in [5.41, 5.74) is 1.29. The fourth-order valence-electron chi connectivity index (χ4n) is 0.621. The van der Waals surface area contributed by atoms with E-state index in [1.165, 1.54) is 5.57 Å². The summed E-state index contributed by atoms with van der Waals surface area (Å²) in [5, 5.41) is 3.12. The number of rotatable bonds is 5. The van der Waals surface area contributed by atoms with Crippen molar-refractivity contribution >= 4 is 0 Å². The van der Waals surface area contributed by atoms with Crippen molar-refractivity contribution in [1.82, 2.24) is 5.32 Å². The number of hydrogen-bond acceptors (Lipinski definition) is 1. The monoisotopic (exact) mass is 151 g/mol. The lowest BCUT2D eigenvalue weighted by atomic mass is 10.0. The minimum Gasteiger partial charge on any atom is -0.387 e. The summed E-state index contributed by atoms with van der Waals surface area (Å²) in [6, 6.07) is 0. The molecule has 0 aromatic heterocycles. The topological polar surface area (TPSA) is 12.0 Å². The van der Waals surface area contributed by atoms with Crippen molar-refractivity contribution in [3.05, 3.63) is 37.1 Å². The first-order valence-electron chi connectivity index (χ1n) is 3.86. The first-order valence-corrected chi connectivity index (χ1v) is 3.86. The van der Waals surface area contributed by atoms with Crippen molar-refractivity contribution in [3.63, 3.8) is 0 Å². The molecule has 0 heterocycles. The summed E-state index contributed by atoms with van der Waals surface area (Å²) in [6.07, 6.45) is 5.78. The second kappa shape index (κ2) is 5.78. The van der Waals surface area contributed by atoms with Gasteiger partial charge in [-0.3, -0.25) is 0 Å². The maximum atomic E-state index is 3.72. The lowest BCUT2D eigenvalue weighted by molar-refractivity contribution is 0.834. The van der Waals surface area contributed by atoms with Crippen molar-refractivity contribution in [2.24, 2.45) is 5.92 Å². The Morgan fingerprint density at radius 3 is 2.64 bits per heavy atom. The van der Waals surface area contributed by atoms with E-state index in [1.54, 1.807) is 0 Å². The highest BCUT2D eigenvalue weighted by Gasteiger charge is 1.95. The molecule has 0 saturated heterocycles. The van der Waals surface area contributed by atoms with Gasteiger partial charge in [0.2, 0.25) is 0 Å². The summed E-state index contributed by atoms with van der Waals surface area (Å²) in [7, 11) is 0. The lowest BCUT2D eigenvalue weighted by Crippen LogP contribution is -2.06. The molecule has 1 atom stereocenters. The van der Waals surface area contributed by atoms with Crippen LogP contribution in [0.2, 0.25) is 0 Å². The van der Waals surface area contributed by atoms with Gasteiger partial charge in [0.1, 0.15) is 0 Å². The fraction of sp³-hybridized carbons (Fsp3) is 0.400. The average Bonchev–Trinajstić information content (AvgIpc) is 2.03. The molecule has 0 aliphatic carbocycles. The smallest absolute Gasteiger partial charge is 0.0322 e. The van der Waals surface area contributed by atoms with Gasteiger partial charge >= 0.3 is 0 Å². The number of hydrogen-bond donors (Lipinski definition) is 1. The molecule has 0 radical (unpaired) electrons. The molecule has 0 fully saturated rings. The Labute approximate surface area is 69.5 Å². The van der Waals surface area contributed by atoms with Crippen molar-refractivity contribution in [2.75, 3.05) is 6.54 Å². The van der Waals surface area contributed by atoms with Gasteiger partial charge in [0.25, 0.3) is 0 Å². The molecule has 0 bridgehead atoms. The van der Waals surface area contributed by atoms with E-state index in [4.69, 9.17) is 0 Å². The minimum atomic E-state index is 0.451. The molecule has 1 heteroatoms. The average molecular weight is 151 g/mol. The Morgan fingerprint density at radius 1 is 1.55 bits per heavy atom. The molecule has 0 aromatic carbocycles. The molecule has 1 nitrogen and oxygen atoms in total. The molecule has 0 aromatic rings. The summed E-state index contributed by atoms with van der Waals surface area (Å²) in [4.78, 5) is 0. The number of nitrogens with one attached hydrogen (secondary N) is 1. The van der Waals surface area contributed by atoms with Gasteiger partial charge in [0, 0.05) is 6.54 Å². The summed E-state index contributed by atoms with van der Waals surface area (Å²) < 4.78 is 0. The zero-order valence-electron chi connectivity index (χ0n) is 7.43. The van der Waals surface area contributed by atoms with Crippen LogP contribution >= 0.6 is 0 Å². The Bertz CT molecular complexity index is 156. The molecule has 0 spiro atoms. The SMILES string of the molecule is C=CCN/C=C(\C)C(C)C=C. The van der Waals surface area contributed by atoms with Gasteiger partial charge in [-0.1, -0.05) is 24.6 Å². The second-order valence-corrected chi connectivity index (χ2v) is 2.61. The fourth-order valence-corrected chi connectivity index (χ4v) is 0.621. The van der Waals surface area contributed by atoms with Crippen molar-refractivity contribution in [3.8, 4) is 0 Å². The van der Waals surface area contributed by atoms with Gasteiger partial charge in [-0.05, 0) is 19.0 Å². The van der Waals surface area contributed by atoms with Crippen molar-refractivity contribution in [1.29, 1.82) is 0 Å². The Kier molecular flexibility index (Phi) is 5.26. The molecule has 0 aliphatic rings. The third kappa shape index (κ3) is 4.43. The van der Waals surface area contributed by atoms with Gasteiger partial charge in [0.05, 0.1) is 0 Å². The lowest BCUT2D eigenvalue weighted by Gasteiger charge is -2.05. The van der Waals surface area contributed by atoms with Crippen LogP contribution in [-0.4, -0.2) is 6.54 Å². The van der Waals surface area contributed by atoms with Crippen LogP contribution in [0.25, 0.3) is 0 Å². The zero-order valence-corrected chi connectivity index (χ0v) is 7.43. The second-order valence-electron chi connectivity index (χ2n) is 2.61. The van der Waals surface area contributed by atoms with E-state index >= 15 is 0 Å². The van der Waals surface area contributed by atoms with Crippen LogP contribution in [0.4, 0.5) is 0 Å². The van der Waals surface area contributed by atoms with Gasteiger partial charge in [-0.25, -0.2) is 0 Å². The van der Waals surface area contributed by atoms with Crippen molar-refractivity contribution < 1.29 is 0 Å². The molecule has 0 amide bonds. The van der Waals surface area contributed by atoms with Crippen LogP contribution in [0, 0.1) is 5.92 Å². The standard InChI is InChI=1S/C10H17N/c1-5-7-11-8-10(4)9(3)6-2/h5-6,8-9,11H,1-2,7H2,3-4H3/b10-8+. The van der Waals surface area contributed by atoms with Crippen LogP contribution in [0.5, 0.6) is 0 Å². The van der Waals surface area contributed by atoms with E-state index in [0.29, 0.717) is 5.92 Å². The van der Waals surface area contributed by atoms with Gasteiger partial charge in [-0.15, -0.1) is 13.2 Å². The molecule has 0 rings (SSSR count). The van der Waals surface area contributed by atoms with E-state index < -0.39 is 0 Å². The Morgan fingerprint density at radius 2 is 2.18 bits per heavy atom. The molecule has 11 heavy (non-hydrogen) atoms. The van der Waals surface area contributed by atoms with E-state index in [1.807, 2.05) is 18.4 Å². The summed E-state index contributed by atoms with van der Waals surface area (Å²) in [6.45, 7) is 12.4. The maximum Gasteiger partial charge on any atom is 0.0322 e. The van der Waals surface area contributed by atoms with E-state index in [9.17, 15) is 0 Å². The molecule has 62 valence electrons. The number of allylic oxidation sites excluding steroid dienone is 2. The normalized spacial score (nSPS) is 13.8. The van der Waals surface area contributed by atoms with Crippen LogP contribution in [-0.2, 0) is 0 Å². The third-order valence-electron chi connectivity index (χ3n) is 1.66. The van der Waals surface area contributed by atoms with Gasteiger partial charge in [-0.2, -0.15) is 0 Å². The van der Waals surface area contributed by atoms with Gasteiger partial charge in [0.15, 0.2) is 0 Å². The predicted molar refractivity (Wildman–Crippen MR) is 51.3 cm³/mol.